The SMILES string of the molecule is Oc1cccc(O)c1.c1ccc2c(c1)ccc1ccccc12. The van der Waals surface area contributed by atoms with Crippen molar-refractivity contribution in [2.75, 3.05) is 0 Å². The largest absolute Gasteiger partial charge is 0.508 e. The van der Waals surface area contributed by atoms with Crippen molar-refractivity contribution in [1.82, 2.24) is 0 Å². The zero-order chi connectivity index (χ0) is 15.4. The Kier molecular flexibility index (Phi) is 3.92. The molecular formula is C20H16O2. The first-order valence-electron chi connectivity index (χ1n) is 7.08. The number of hydrogen-bond donors (Lipinski definition) is 2. The minimum Gasteiger partial charge on any atom is -0.508 e. The molecule has 2 heteroatoms. The van der Waals surface area contributed by atoms with Crippen molar-refractivity contribution >= 4 is 21.5 Å². The topological polar surface area (TPSA) is 40.5 Å². The highest BCUT2D eigenvalue weighted by Gasteiger charge is 1.97. The highest BCUT2D eigenvalue weighted by molar-refractivity contribution is 6.07. The lowest BCUT2D eigenvalue weighted by molar-refractivity contribution is 0.450. The molecular weight excluding hydrogens is 272 g/mol. The number of hydrogen-bond acceptors (Lipinski definition) is 2. The Balaban J connectivity index is 0.000000154. The van der Waals surface area contributed by atoms with E-state index in [9.17, 15) is 0 Å². The van der Waals surface area contributed by atoms with Crippen LogP contribution in [0.3, 0.4) is 0 Å². The van der Waals surface area contributed by atoms with Crippen molar-refractivity contribution < 1.29 is 10.2 Å². The fraction of sp³-hybridized carbons (Fsp3) is 0. The molecule has 0 aliphatic heterocycles. The van der Waals surface area contributed by atoms with Crippen molar-refractivity contribution in [2.45, 2.75) is 0 Å². The third-order valence-corrected chi connectivity index (χ3v) is 3.48. The Labute approximate surface area is 128 Å². The number of fused-ring (bicyclic) bond motifs is 3. The predicted molar refractivity (Wildman–Crippen MR) is 91.2 cm³/mol. The molecule has 0 bridgehead atoms. The van der Waals surface area contributed by atoms with Crippen molar-refractivity contribution in [2.24, 2.45) is 0 Å². The lowest BCUT2D eigenvalue weighted by Gasteiger charge is -2.02. The van der Waals surface area contributed by atoms with E-state index >= 15 is 0 Å². The lowest BCUT2D eigenvalue weighted by Crippen LogP contribution is -1.75. The van der Waals surface area contributed by atoms with Crippen molar-refractivity contribution in [3.05, 3.63) is 84.9 Å². The standard InChI is InChI=1S/C14H10.C6H6O2/c1-3-7-13-11(5-1)9-10-12-6-2-4-8-14(12)13;7-5-2-1-3-6(8)4-5/h1-10H;1-4,7-8H. The molecule has 2 nitrogen and oxygen atoms in total. The van der Waals surface area contributed by atoms with Crippen LogP contribution >= 0.6 is 0 Å². The van der Waals surface area contributed by atoms with E-state index < -0.39 is 0 Å². The van der Waals surface area contributed by atoms with E-state index in [2.05, 4.69) is 60.7 Å². The molecule has 0 atom stereocenters. The molecule has 0 spiro atoms. The Bertz CT molecular complexity index is 841. The van der Waals surface area contributed by atoms with Gasteiger partial charge >= 0.3 is 0 Å². The van der Waals surface area contributed by atoms with Gasteiger partial charge in [0.1, 0.15) is 11.5 Å². The molecule has 4 aromatic rings. The van der Waals surface area contributed by atoms with Gasteiger partial charge in [-0.15, -0.1) is 0 Å². The average Bonchev–Trinajstić information content (AvgIpc) is 2.55. The summed E-state index contributed by atoms with van der Waals surface area (Å²) in [5.41, 5.74) is 0. The molecule has 0 radical (unpaired) electrons. The van der Waals surface area contributed by atoms with Crippen LogP contribution in [0.5, 0.6) is 11.5 Å². The van der Waals surface area contributed by atoms with Crippen LogP contribution in [0.25, 0.3) is 21.5 Å². The summed E-state index contributed by atoms with van der Waals surface area (Å²) in [5.74, 6) is 0.176. The Morgan fingerprint density at radius 1 is 0.455 bits per heavy atom. The molecule has 0 saturated heterocycles. The molecule has 4 aromatic carbocycles. The van der Waals surface area contributed by atoms with Gasteiger partial charge in [-0.25, -0.2) is 0 Å². The minimum absolute atomic E-state index is 0.0880. The van der Waals surface area contributed by atoms with Crippen LogP contribution in [0.15, 0.2) is 84.9 Å². The summed E-state index contributed by atoms with van der Waals surface area (Å²) in [7, 11) is 0. The number of phenols is 2. The molecule has 0 aliphatic rings. The van der Waals surface area contributed by atoms with Gasteiger partial charge in [-0.3, -0.25) is 0 Å². The van der Waals surface area contributed by atoms with Gasteiger partial charge in [0.15, 0.2) is 0 Å². The second kappa shape index (κ2) is 6.19. The molecule has 0 fully saturated rings. The molecule has 2 N–H and O–H groups in total. The third kappa shape index (κ3) is 3.01. The van der Waals surface area contributed by atoms with Crippen molar-refractivity contribution in [3.8, 4) is 11.5 Å². The van der Waals surface area contributed by atoms with E-state index in [1.54, 1.807) is 6.07 Å². The van der Waals surface area contributed by atoms with Gasteiger partial charge in [0.25, 0.3) is 0 Å². The number of phenolic OH excluding ortho intramolecular Hbond substituents is 2. The fourth-order valence-electron chi connectivity index (χ4n) is 2.45. The number of rotatable bonds is 0. The first-order valence-corrected chi connectivity index (χ1v) is 7.08. The maximum absolute atomic E-state index is 8.65. The van der Waals surface area contributed by atoms with Gasteiger partial charge in [0.2, 0.25) is 0 Å². The second-order valence-corrected chi connectivity index (χ2v) is 5.03. The van der Waals surface area contributed by atoms with Crippen LogP contribution in [-0.2, 0) is 0 Å². The van der Waals surface area contributed by atoms with Crippen LogP contribution in [0, 0.1) is 0 Å². The van der Waals surface area contributed by atoms with Crippen LogP contribution in [-0.4, -0.2) is 10.2 Å². The zero-order valence-electron chi connectivity index (χ0n) is 12.0. The van der Waals surface area contributed by atoms with Crippen LogP contribution < -0.4 is 0 Å². The first kappa shape index (κ1) is 14.0. The van der Waals surface area contributed by atoms with E-state index in [1.165, 1.54) is 39.7 Å². The second-order valence-electron chi connectivity index (χ2n) is 5.03. The summed E-state index contributed by atoms with van der Waals surface area (Å²) >= 11 is 0. The van der Waals surface area contributed by atoms with Gasteiger partial charge in [-0.05, 0) is 33.7 Å². The van der Waals surface area contributed by atoms with Crippen LogP contribution in [0.2, 0.25) is 0 Å². The maximum Gasteiger partial charge on any atom is 0.119 e. The summed E-state index contributed by atoms with van der Waals surface area (Å²) in [6, 6.07) is 27.2. The first-order chi connectivity index (χ1) is 10.7. The molecule has 0 aromatic heterocycles. The van der Waals surface area contributed by atoms with Gasteiger partial charge in [-0.2, -0.15) is 0 Å². The molecule has 0 saturated carbocycles. The minimum atomic E-state index is 0.0880. The summed E-state index contributed by atoms with van der Waals surface area (Å²) in [4.78, 5) is 0. The van der Waals surface area contributed by atoms with Crippen LogP contribution in [0.1, 0.15) is 0 Å². The fourth-order valence-corrected chi connectivity index (χ4v) is 2.45. The predicted octanol–water partition coefficient (Wildman–Crippen LogP) is 5.09. The highest BCUT2D eigenvalue weighted by atomic mass is 16.3. The van der Waals surface area contributed by atoms with Gasteiger partial charge in [0.05, 0.1) is 0 Å². The molecule has 0 heterocycles. The quantitative estimate of drug-likeness (QED) is 0.442. The summed E-state index contributed by atoms with van der Waals surface area (Å²) < 4.78 is 0. The monoisotopic (exact) mass is 288 g/mol. The lowest BCUT2D eigenvalue weighted by atomic mass is 10.0. The summed E-state index contributed by atoms with van der Waals surface area (Å²) in [5, 5.41) is 22.6. The van der Waals surface area contributed by atoms with Gasteiger partial charge in [-0.1, -0.05) is 66.7 Å². The normalized spacial score (nSPS) is 10.2. The van der Waals surface area contributed by atoms with E-state index in [0.717, 1.165) is 0 Å². The Morgan fingerprint density at radius 3 is 1.32 bits per heavy atom. The van der Waals surface area contributed by atoms with Crippen molar-refractivity contribution in [3.63, 3.8) is 0 Å². The van der Waals surface area contributed by atoms with Gasteiger partial charge in [0, 0.05) is 6.07 Å². The molecule has 0 unspecified atom stereocenters. The van der Waals surface area contributed by atoms with E-state index in [0.29, 0.717) is 0 Å². The Morgan fingerprint density at radius 2 is 0.909 bits per heavy atom. The zero-order valence-corrected chi connectivity index (χ0v) is 12.0. The molecule has 4 rings (SSSR count). The van der Waals surface area contributed by atoms with E-state index in [1.807, 2.05) is 0 Å². The number of benzene rings is 4. The molecule has 0 amide bonds. The smallest absolute Gasteiger partial charge is 0.119 e. The highest BCUT2D eigenvalue weighted by Crippen LogP contribution is 2.24. The molecule has 108 valence electrons. The maximum atomic E-state index is 8.65. The van der Waals surface area contributed by atoms with E-state index in [-0.39, 0.29) is 11.5 Å². The third-order valence-electron chi connectivity index (χ3n) is 3.48. The summed E-state index contributed by atoms with van der Waals surface area (Å²) in [6.45, 7) is 0. The van der Waals surface area contributed by atoms with E-state index in [4.69, 9.17) is 10.2 Å². The average molecular weight is 288 g/mol. The Hall–Kier alpha value is -3.00. The summed E-state index contributed by atoms with van der Waals surface area (Å²) in [6.07, 6.45) is 0. The molecule has 0 aliphatic carbocycles. The van der Waals surface area contributed by atoms with Gasteiger partial charge < -0.3 is 10.2 Å². The van der Waals surface area contributed by atoms with Crippen molar-refractivity contribution in [1.29, 1.82) is 0 Å². The van der Waals surface area contributed by atoms with Crippen LogP contribution in [0.4, 0.5) is 0 Å². The number of aromatic hydroxyl groups is 2. The molecule has 22 heavy (non-hydrogen) atoms.